The number of nitrogens with zero attached hydrogens (tertiary/aromatic N) is 6. The molecule has 0 aliphatic carbocycles. The number of carbonyl (C=O) groups excluding carboxylic acids is 4. The molecule has 4 aromatic rings. The molecule has 3 aromatic carbocycles. The third-order valence-corrected chi connectivity index (χ3v) is 16.6. The number of piperazine rings is 1. The van der Waals surface area contributed by atoms with E-state index in [1.807, 2.05) is 35.2 Å². The molecule has 0 saturated carbocycles. The van der Waals surface area contributed by atoms with Crippen LogP contribution in [0.15, 0.2) is 71.8 Å². The second kappa shape index (κ2) is 22.5. The molecule has 3 saturated heterocycles. The van der Waals surface area contributed by atoms with Gasteiger partial charge in [0.1, 0.15) is 16.8 Å². The Kier molecular flexibility index (Phi) is 16.3. The number of nitrogens with one attached hydrogen (secondary N) is 3. The number of fused-ring (bicyclic) bond motifs is 1. The van der Waals surface area contributed by atoms with E-state index in [1.165, 1.54) is 20.4 Å². The fourth-order valence-electron chi connectivity index (χ4n) is 9.42. The smallest absolute Gasteiger partial charge is 0.362 e. The Hall–Kier alpha value is -5.23. The van der Waals surface area contributed by atoms with Crippen molar-refractivity contribution in [3.05, 3.63) is 83.0 Å². The highest BCUT2D eigenvalue weighted by molar-refractivity contribution is 7.99. The summed E-state index contributed by atoms with van der Waals surface area (Å²) < 4.78 is 29.5. The summed E-state index contributed by atoms with van der Waals surface area (Å²) in [7, 11) is 0.724. The standard InChI is InChI=1S/C48H59ClN9O8PS/c1-64-40-29-33(16-17-37(40)52-48-50-30-36(49)45(54-48)51-38-12-7-8-13-41(38)67(63,65-2)66-3)55-22-20-32(21-23-55)56-24-26-57(27-25-56)44(60)15-6-4-5-9-28-68-42-14-10-11-34-35(42)31-58(47(34)62)39-18-19-43(59)53-46(39)61/h7-8,10-14,16-17,29-30,32,39H,4-6,9,15,18-28,31H2,1-3H3,(H,53,59,61)(H2,50,51,52,54). The van der Waals surface area contributed by atoms with Gasteiger partial charge in [0.25, 0.3) is 5.91 Å². The van der Waals surface area contributed by atoms with E-state index in [-0.39, 0.29) is 35.1 Å². The third-order valence-electron chi connectivity index (χ3n) is 13.2. The molecular weight excluding hydrogens is 929 g/mol. The van der Waals surface area contributed by atoms with Gasteiger partial charge in [-0.05, 0) is 79.8 Å². The summed E-state index contributed by atoms with van der Waals surface area (Å²) in [5.41, 5.74) is 3.82. The molecule has 1 atom stereocenters. The number of unbranched alkanes of at least 4 members (excludes halogenated alkanes) is 3. The van der Waals surface area contributed by atoms with E-state index in [1.54, 1.807) is 48.0 Å². The Balaban J connectivity index is 0.736. The van der Waals surface area contributed by atoms with Crippen molar-refractivity contribution >= 4 is 88.7 Å². The largest absolute Gasteiger partial charge is 0.494 e. The van der Waals surface area contributed by atoms with Crippen molar-refractivity contribution in [2.45, 2.75) is 81.3 Å². The molecule has 4 aliphatic rings. The number of amides is 4. The van der Waals surface area contributed by atoms with E-state index in [0.29, 0.717) is 59.2 Å². The van der Waals surface area contributed by atoms with E-state index in [0.717, 1.165) is 99.7 Å². The molecular formula is C48H59ClN9O8PS. The number of thioether (sulfide) groups is 1. The topological polar surface area (TPSA) is 188 Å². The van der Waals surface area contributed by atoms with Crippen LogP contribution in [0.1, 0.15) is 73.7 Å². The fraction of sp³-hybridized carbons (Fsp3) is 0.458. The van der Waals surface area contributed by atoms with Crippen molar-refractivity contribution < 1.29 is 37.5 Å². The van der Waals surface area contributed by atoms with Gasteiger partial charge in [-0.15, -0.1) is 11.8 Å². The number of aromatic nitrogens is 2. The highest BCUT2D eigenvalue weighted by Crippen LogP contribution is 2.47. The number of anilines is 5. The highest BCUT2D eigenvalue weighted by Gasteiger charge is 2.40. The predicted octanol–water partition coefficient (Wildman–Crippen LogP) is 7.35. The van der Waals surface area contributed by atoms with Gasteiger partial charge in [-0.1, -0.05) is 42.6 Å². The normalized spacial score (nSPS) is 18.1. The summed E-state index contributed by atoms with van der Waals surface area (Å²) in [6.07, 6.45) is 8.62. The minimum absolute atomic E-state index is 0.149. The third kappa shape index (κ3) is 11.3. The maximum Gasteiger partial charge on any atom is 0.362 e. The molecule has 0 radical (unpaired) electrons. The number of halogens is 1. The summed E-state index contributed by atoms with van der Waals surface area (Å²) in [5, 5.41) is 9.38. The maximum absolute atomic E-state index is 13.2. The Bertz CT molecular complexity index is 2530. The molecule has 0 spiro atoms. The first kappa shape index (κ1) is 49.2. The second-order valence-corrected chi connectivity index (χ2v) is 21.0. The Labute approximate surface area is 406 Å². The van der Waals surface area contributed by atoms with Crippen molar-refractivity contribution in [1.82, 2.24) is 30.0 Å². The number of hydrogen-bond donors (Lipinski definition) is 3. The number of para-hydroxylation sites is 1. The van der Waals surface area contributed by atoms with Crippen LogP contribution in [0.4, 0.5) is 28.8 Å². The number of imide groups is 1. The zero-order chi connectivity index (χ0) is 47.8. The molecule has 1 aromatic heterocycles. The van der Waals surface area contributed by atoms with Gasteiger partial charge in [0.05, 0.1) is 30.0 Å². The van der Waals surface area contributed by atoms with E-state index in [2.05, 4.69) is 41.8 Å². The molecule has 20 heteroatoms. The Morgan fingerprint density at radius 3 is 2.40 bits per heavy atom. The van der Waals surface area contributed by atoms with Gasteiger partial charge < -0.3 is 39.1 Å². The van der Waals surface area contributed by atoms with Gasteiger partial charge in [0, 0.05) is 101 Å². The van der Waals surface area contributed by atoms with Crippen LogP contribution in [-0.4, -0.2) is 127 Å². The van der Waals surface area contributed by atoms with Crippen LogP contribution >= 0.6 is 31.0 Å². The number of hydrogen-bond acceptors (Lipinski definition) is 15. The van der Waals surface area contributed by atoms with Crippen molar-refractivity contribution in [2.75, 3.05) is 81.9 Å². The average molecular weight is 989 g/mol. The molecule has 3 fully saturated rings. The molecule has 1 unspecified atom stereocenters. The van der Waals surface area contributed by atoms with Gasteiger partial charge in [0.15, 0.2) is 5.82 Å². The number of piperidine rings is 2. The molecule has 5 heterocycles. The van der Waals surface area contributed by atoms with Gasteiger partial charge in [0.2, 0.25) is 23.7 Å². The van der Waals surface area contributed by atoms with Gasteiger partial charge in [-0.3, -0.25) is 34.0 Å². The highest BCUT2D eigenvalue weighted by atomic mass is 35.5. The molecule has 68 heavy (non-hydrogen) atoms. The summed E-state index contributed by atoms with van der Waals surface area (Å²) >= 11 is 8.23. The van der Waals surface area contributed by atoms with Crippen LogP contribution in [0.25, 0.3) is 0 Å². The number of ether oxygens (including phenoxy) is 1. The van der Waals surface area contributed by atoms with Crippen molar-refractivity contribution in [3.63, 3.8) is 0 Å². The van der Waals surface area contributed by atoms with Gasteiger partial charge in [-0.2, -0.15) is 4.98 Å². The van der Waals surface area contributed by atoms with Crippen molar-refractivity contribution in [1.29, 1.82) is 0 Å². The minimum atomic E-state index is -3.57. The van der Waals surface area contributed by atoms with Crippen molar-refractivity contribution in [2.24, 2.45) is 0 Å². The number of methoxy groups -OCH3 is 1. The zero-order valence-electron chi connectivity index (χ0n) is 38.7. The Morgan fingerprint density at radius 1 is 0.882 bits per heavy atom. The number of rotatable bonds is 19. The first-order valence-electron chi connectivity index (χ1n) is 23.2. The molecule has 8 rings (SSSR count). The van der Waals surface area contributed by atoms with Crippen LogP contribution in [0.5, 0.6) is 5.75 Å². The second-order valence-electron chi connectivity index (χ2n) is 17.2. The lowest BCUT2D eigenvalue weighted by atomic mass is 10.0. The molecule has 17 nitrogen and oxygen atoms in total. The molecule has 4 amide bonds. The summed E-state index contributed by atoms with van der Waals surface area (Å²) in [4.78, 5) is 69.1. The lowest BCUT2D eigenvalue weighted by molar-refractivity contribution is -0.137. The fourth-order valence-corrected chi connectivity index (χ4v) is 11.9. The minimum Gasteiger partial charge on any atom is -0.494 e. The van der Waals surface area contributed by atoms with Crippen molar-refractivity contribution in [3.8, 4) is 5.75 Å². The zero-order valence-corrected chi connectivity index (χ0v) is 41.2. The van der Waals surface area contributed by atoms with E-state index in [4.69, 9.17) is 25.4 Å². The molecule has 362 valence electrons. The quantitative estimate of drug-likeness (QED) is 0.0366. The lowest BCUT2D eigenvalue weighted by Gasteiger charge is -2.43. The molecule has 0 bridgehead atoms. The number of benzene rings is 3. The maximum atomic E-state index is 13.2. The monoisotopic (exact) mass is 987 g/mol. The molecule has 3 N–H and O–H groups in total. The predicted molar refractivity (Wildman–Crippen MR) is 264 cm³/mol. The average Bonchev–Trinajstić information content (AvgIpc) is 3.70. The van der Waals surface area contributed by atoms with Crippen LogP contribution in [0.3, 0.4) is 0 Å². The summed E-state index contributed by atoms with van der Waals surface area (Å²) in [6.45, 7) is 5.50. The van der Waals surface area contributed by atoms with E-state index in [9.17, 15) is 23.7 Å². The Morgan fingerprint density at radius 2 is 1.65 bits per heavy atom. The first-order valence-corrected chi connectivity index (χ1v) is 26.1. The van der Waals surface area contributed by atoms with Gasteiger partial charge in [-0.25, -0.2) is 4.98 Å². The van der Waals surface area contributed by atoms with E-state index >= 15 is 0 Å². The lowest BCUT2D eigenvalue weighted by Crippen LogP contribution is -2.54. The van der Waals surface area contributed by atoms with Crippen LogP contribution in [0.2, 0.25) is 5.02 Å². The van der Waals surface area contributed by atoms with Crippen LogP contribution < -0.4 is 30.9 Å². The van der Waals surface area contributed by atoms with Crippen LogP contribution in [0, 0.1) is 0 Å². The SMILES string of the molecule is COc1cc(N2CCC(N3CCN(C(=O)CCCCCCSc4cccc5c4CN(C4CCC(=O)NC4=O)C5=O)CC3)CC2)ccc1Nc1ncc(Cl)c(Nc2ccccc2P(=O)(OC)OC)n1. The molecule has 4 aliphatic heterocycles. The summed E-state index contributed by atoms with van der Waals surface area (Å²) in [5.74, 6) is 1.54. The van der Waals surface area contributed by atoms with Crippen LogP contribution in [-0.2, 0) is 34.5 Å². The number of carbonyl (C=O) groups is 4. The van der Waals surface area contributed by atoms with Gasteiger partial charge >= 0.3 is 7.60 Å². The first-order chi connectivity index (χ1) is 33.0. The van der Waals surface area contributed by atoms with E-state index < -0.39 is 19.5 Å². The summed E-state index contributed by atoms with van der Waals surface area (Å²) in [6, 6.07) is 18.6.